The minimum absolute atomic E-state index is 0.0713. The second-order valence-corrected chi connectivity index (χ2v) is 7.12. The van der Waals surface area contributed by atoms with E-state index in [4.69, 9.17) is 0 Å². The van der Waals surface area contributed by atoms with Gasteiger partial charge in [0.2, 0.25) is 11.9 Å². The monoisotopic (exact) mass is 331 g/mol. The van der Waals surface area contributed by atoms with E-state index in [9.17, 15) is 4.79 Å². The van der Waals surface area contributed by atoms with Crippen molar-refractivity contribution in [2.24, 2.45) is 5.92 Å². The molecule has 2 aliphatic rings. The van der Waals surface area contributed by atoms with E-state index in [-0.39, 0.29) is 11.9 Å². The molecule has 1 saturated carbocycles. The van der Waals surface area contributed by atoms with Crippen LogP contribution in [0.2, 0.25) is 0 Å². The third kappa shape index (κ3) is 4.04. The topological polar surface area (TPSA) is 61.4 Å². The van der Waals surface area contributed by atoms with Crippen LogP contribution in [0.3, 0.4) is 0 Å². The van der Waals surface area contributed by atoms with Crippen molar-refractivity contribution in [3.63, 3.8) is 0 Å². The number of rotatable bonds is 4. The van der Waals surface area contributed by atoms with Crippen molar-refractivity contribution in [1.82, 2.24) is 20.2 Å². The molecule has 6 nitrogen and oxygen atoms in total. The van der Waals surface area contributed by atoms with Gasteiger partial charge in [0.25, 0.3) is 0 Å². The van der Waals surface area contributed by atoms with E-state index in [1.807, 2.05) is 13.0 Å². The van der Waals surface area contributed by atoms with Crippen LogP contribution >= 0.6 is 0 Å². The zero-order valence-electron chi connectivity index (χ0n) is 14.8. The lowest BCUT2D eigenvalue weighted by Gasteiger charge is -2.38. The molecule has 0 aromatic carbocycles. The molecular formula is C18H29N5O. The van der Waals surface area contributed by atoms with E-state index in [0.29, 0.717) is 12.0 Å². The minimum Gasteiger partial charge on any atom is -0.352 e. The number of amides is 1. The first-order valence-corrected chi connectivity index (χ1v) is 9.21. The van der Waals surface area contributed by atoms with Crippen molar-refractivity contribution in [3.05, 3.63) is 18.5 Å². The molecule has 2 heterocycles. The van der Waals surface area contributed by atoms with Crippen molar-refractivity contribution in [1.29, 1.82) is 0 Å². The Morgan fingerprint density at radius 3 is 2.50 bits per heavy atom. The second-order valence-electron chi connectivity index (χ2n) is 7.12. The van der Waals surface area contributed by atoms with Gasteiger partial charge in [-0.15, -0.1) is 0 Å². The van der Waals surface area contributed by atoms with Gasteiger partial charge in [0.05, 0.1) is 6.04 Å². The van der Waals surface area contributed by atoms with Gasteiger partial charge in [0.15, 0.2) is 0 Å². The second kappa shape index (κ2) is 7.92. The molecule has 24 heavy (non-hydrogen) atoms. The van der Waals surface area contributed by atoms with Crippen molar-refractivity contribution in [2.75, 3.05) is 31.1 Å². The maximum absolute atomic E-state index is 12.6. The first-order valence-electron chi connectivity index (χ1n) is 9.21. The van der Waals surface area contributed by atoms with Gasteiger partial charge < -0.3 is 10.2 Å². The molecule has 0 bridgehead atoms. The number of hydrogen-bond acceptors (Lipinski definition) is 5. The molecule has 1 aliphatic carbocycles. The van der Waals surface area contributed by atoms with Crippen LogP contribution in [0.1, 0.15) is 39.5 Å². The van der Waals surface area contributed by atoms with Crippen LogP contribution in [-0.2, 0) is 4.79 Å². The van der Waals surface area contributed by atoms with Crippen molar-refractivity contribution in [3.8, 4) is 0 Å². The highest BCUT2D eigenvalue weighted by Crippen LogP contribution is 2.24. The Morgan fingerprint density at radius 1 is 1.17 bits per heavy atom. The average molecular weight is 331 g/mol. The number of nitrogens with one attached hydrogen (secondary N) is 1. The standard InChI is InChI=1S/C18H29N5O/c1-14-6-3-4-7-16(14)21-17(24)15(2)22-10-12-23(13-11-22)18-19-8-5-9-20-18/h5,8-9,14-16H,3-4,6-7,10-13H2,1-2H3,(H,21,24). The van der Waals surface area contributed by atoms with Gasteiger partial charge in [0, 0.05) is 44.6 Å². The lowest BCUT2D eigenvalue weighted by Crippen LogP contribution is -2.56. The smallest absolute Gasteiger partial charge is 0.237 e. The van der Waals surface area contributed by atoms with Gasteiger partial charge >= 0.3 is 0 Å². The molecule has 1 amide bonds. The van der Waals surface area contributed by atoms with E-state index in [2.05, 4.69) is 32.0 Å². The Kier molecular flexibility index (Phi) is 5.66. The van der Waals surface area contributed by atoms with Gasteiger partial charge in [0.1, 0.15) is 0 Å². The molecule has 1 aliphatic heterocycles. The predicted molar refractivity (Wildman–Crippen MR) is 94.8 cm³/mol. The zero-order chi connectivity index (χ0) is 16.9. The number of nitrogens with zero attached hydrogens (tertiary/aromatic N) is 4. The Hall–Kier alpha value is -1.69. The molecule has 1 aromatic rings. The SMILES string of the molecule is CC1CCCCC1NC(=O)C(C)N1CCN(c2ncccn2)CC1. The minimum atomic E-state index is -0.0713. The molecule has 2 fully saturated rings. The first kappa shape index (κ1) is 17.1. The van der Waals surface area contributed by atoms with Crippen LogP contribution in [0.15, 0.2) is 18.5 Å². The average Bonchev–Trinajstić information content (AvgIpc) is 2.64. The Labute approximate surface area is 144 Å². The summed E-state index contributed by atoms with van der Waals surface area (Å²) in [4.78, 5) is 25.7. The van der Waals surface area contributed by atoms with E-state index < -0.39 is 0 Å². The van der Waals surface area contributed by atoms with Gasteiger partial charge in [-0.25, -0.2) is 9.97 Å². The third-order valence-electron chi connectivity index (χ3n) is 5.52. The Morgan fingerprint density at radius 2 is 1.83 bits per heavy atom. The lowest BCUT2D eigenvalue weighted by atomic mass is 9.86. The summed E-state index contributed by atoms with van der Waals surface area (Å²) < 4.78 is 0. The maximum atomic E-state index is 12.6. The number of piperazine rings is 1. The largest absolute Gasteiger partial charge is 0.352 e. The van der Waals surface area contributed by atoms with Crippen LogP contribution in [0, 0.1) is 5.92 Å². The highest BCUT2D eigenvalue weighted by molar-refractivity contribution is 5.81. The number of hydrogen-bond donors (Lipinski definition) is 1. The number of anilines is 1. The van der Waals surface area contributed by atoms with E-state index >= 15 is 0 Å². The van der Waals surface area contributed by atoms with Crippen molar-refractivity contribution < 1.29 is 4.79 Å². The fourth-order valence-corrected chi connectivity index (χ4v) is 3.76. The van der Waals surface area contributed by atoms with Crippen LogP contribution in [0.25, 0.3) is 0 Å². The molecular weight excluding hydrogens is 302 g/mol. The summed E-state index contributed by atoms with van der Waals surface area (Å²) in [6.45, 7) is 7.74. The first-order chi connectivity index (χ1) is 11.6. The highest BCUT2D eigenvalue weighted by Gasteiger charge is 2.29. The molecule has 0 spiro atoms. The maximum Gasteiger partial charge on any atom is 0.237 e. The zero-order valence-corrected chi connectivity index (χ0v) is 14.8. The molecule has 0 radical (unpaired) electrons. The molecule has 1 saturated heterocycles. The fraction of sp³-hybridized carbons (Fsp3) is 0.722. The van der Waals surface area contributed by atoms with E-state index in [1.165, 1.54) is 19.3 Å². The van der Waals surface area contributed by atoms with Gasteiger partial charge in [-0.1, -0.05) is 19.8 Å². The van der Waals surface area contributed by atoms with Crippen LogP contribution in [-0.4, -0.2) is 59.0 Å². The van der Waals surface area contributed by atoms with Gasteiger partial charge in [-0.05, 0) is 31.7 Å². The summed E-state index contributed by atoms with van der Waals surface area (Å²) in [6.07, 6.45) is 8.44. The molecule has 3 rings (SSSR count). The summed E-state index contributed by atoms with van der Waals surface area (Å²) in [6, 6.07) is 2.11. The van der Waals surface area contributed by atoms with E-state index in [0.717, 1.165) is 38.5 Å². The lowest BCUT2D eigenvalue weighted by molar-refractivity contribution is -0.127. The van der Waals surface area contributed by atoms with Crippen molar-refractivity contribution >= 4 is 11.9 Å². The number of aromatic nitrogens is 2. The van der Waals surface area contributed by atoms with Crippen LogP contribution in [0.4, 0.5) is 5.95 Å². The van der Waals surface area contributed by atoms with Crippen LogP contribution in [0.5, 0.6) is 0 Å². The predicted octanol–water partition coefficient (Wildman–Crippen LogP) is 1.68. The molecule has 3 unspecified atom stereocenters. The number of carbonyl (C=O) groups excluding carboxylic acids is 1. The number of carbonyl (C=O) groups is 1. The van der Waals surface area contributed by atoms with Gasteiger partial charge in [-0.2, -0.15) is 0 Å². The summed E-state index contributed by atoms with van der Waals surface area (Å²) in [7, 11) is 0. The summed E-state index contributed by atoms with van der Waals surface area (Å²) in [5.41, 5.74) is 0. The van der Waals surface area contributed by atoms with Crippen molar-refractivity contribution in [2.45, 2.75) is 51.6 Å². The Bertz CT molecular complexity index is 529. The normalized spacial score (nSPS) is 26.8. The highest BCUT2D eigenvalue weighted by atomic mass is 16.2. The molecule has 1 N–H and O–H groups in total. The van der Waals surface area contributed by atoms with E-state index in [1.54, 1.807) is 12.4 Å². The molecule has 6 heteroatoms. The van der Waals surface area contributed by atoms with Crippen LogP contribution < -0.4 is 10.2 Å². The third-order valence-corrected chi connectivity index (χ3v) is 5.52. The summed E-state index contributed by atoms with van der Waals surface area (Å²) in [5.74, 6) is 1.56. The molecule has 3 atom stereocenters. The Balaban J connectivity index is 1.49. The molecule has 132 valence electrons. The quantitative estimate of drug-likeness (QED) is 0.909. The van der Waals surface area contributed by atoms with Gasteiger partial charge in [-0.3, -0.25) is 9.69 Å². The summed E-state index contributed by atoms with van der Waals surface area (Å²) in [5, 5.41) is 3.29. The fourth-order valence-electron chi connectivity index (χ4n) is 3.76. The molecule has 1 aromatic heterocycles. The summed E-state index contributed by atoms with van der Waals surface area (Å²) >= 11 is 0.